The van der Waals surface area contributed by atoms with Crippen LogP contribution in [0.4, 0.5) is 5.69 Å². The Labute approximate surface area is 84.5 Å². The second kappa shape index (κ2) is 3.82. The molecule has 1 aromatic carbocycles. The molecule has 0 aliphatic carbocycles. The first kappa shape index (κ1) is 9.25. The zero-order chi connectivity index (χ0) is 9.97. The minimum Gasteiger partial charge on any atom is -0.312 e. The number of fused-ring (bicyclic) bond motifs is 1. The van der Waals surface area contributed by atoms with Crippen molar-refractivity contribution in [1.82, 2.24) is 0 Å². The van der Waals surface area contributed by atoms with E-state index in [9.17, 15) is 4.79 Å². The molecule has 2 heteroatoms. The SMILES string of the molecule is CCCCN1C(=O)Cc2ccccc21. The Kier molecular flexibility index (Phi) is 2.53. The van der Waals surface area contributed by atoms with E-state index < -0.39 is 0 Å². The number of hydrogen-bond acceptors (Lipinski definition) is 1. The summed E-state index contributed by atoms with van der Waals surface area (Å²) in [6.45, 7) is 3.01. The summed E-state index contributed by atoms with van der Waals surface area (Å²) < 4.78 is 0. The quantitative estimate of drug-likeness (QED) is 0.715. The second-order valence-electron chi connectivity index (χ2n) is 3.70. The topological polar surface area (TPSA) is 20.3 Å². The van der Waals surface area contributed by atoms with Crippen LogP contribution in [0.5, 0.6) is 0 Å². The van der Waals surface area contributed by atoms with Gasteiger partial charge in [0.1, 0.15) is 0 Å². The van der Waals surface area contributed by atoms with Crippen LogP contribution in [0.15, 0.2) is 24.3 Å². The normalized spacial score (nSPS) is 14.6. The summed E-state index contributed by atoms with van der Waals surface area (Å²) in [4.78, 5) is 13.6. The molecular formula is C12H15NO. The number of benzene rings is 1. The molecule has 0 radical (unpaired) electrons. The summed E-state index contributed by atoms with van der Waals surface area (Å²) in [6, 6.07) is 8.07. The van der Waals surface area contributed by atoms with Gasteiger partial charge in [-0.25, -0.2) is 0 Å². The van der Waals surface area contributed by atoms with Crippen LogP contribution in [0, 0.1) is 0 Å². The molecule has 0 saturated heterocycles. The first-order valence-electron chi connectivity index (χ1n) is 5.21. The minimum absolute atomic E-state index is 0.250. The molecule has 1 amide bonds. The number of carbonyl (C=O) groups excluding carboxylic acids is 1. The molecule has 1 aliphatic heterocycles. The fourth-order valence-corrected chi connectivity index (χ4v) is 1.88. The Morgan fingerprint density at radius 2 is 2.14 bits per heavy atom. The summed E-state index contributed by atoms with van der Waals surface area (Å²) >= 11 is 0. The zero-order valence-corrected chi connectivity index (χ0v) is 8.49. The number of anilines is 1. The van der Waals surface area contributed by atoms with Gasteiger partial charge in [0.25, 0.3) is 0 Å². The van der Waals surface area contributed by atoms with E-state index in [0.717, 1.165) is 25.1 Å². The second-order valence-corrected chi connectivity index (χ2v) is 3.70. The maximum absolute atomic E-state index is 11.7. The molecule has 0 spiro atoms. The molecule has 0 unspecified atom stereocenters. The van der Waals surface area contributed by atoms with E-state index in [1.54, 1.807) is 0 Å². The third kappa shape index (κ3) is 1.52. The lowest BCUT2D eigenvalue weighted by molar-refractivity contribution is -0.117. The van der Waals surface area contributed by atoms with Crippen molar-refractivity contribution in [1.29, 1.82) is 0 Å². The summed E-state index contributed by atoms with van der Waals surface area (Å²) in [5.41, 5.74) is 2.29. The van der Waals surface area contributed by atoms with Crippen LogP contribution in [0.2, 0.25) is 0 Å². The number of hydrogen-bond donors (Lipinski definition) is 0. The molecule has 0 aromatic heterocycles. The van der Waals surface area contributed by atoms with Gasteiger partial charge in [-0.15, -0.1) is 0 Å². The van der Waals surface area contributed by atoms with E-state index >= 15 is 0 Å². The van der Waals surface area contributed by atoms with Crippen LogP contribution in [0.1, 0.15) is 25.3 Å². The Balaban J connectivity index is 2.21. The van der Waals surface area contributed by atoms with Crippen LogP contribution in [-0.4, -0.2) is 12.5 Å². The largest absolute Gasteiger partial charge is 0.312 e. The summed E-state index contributed by atoms with van der Waals surface area (Å²) in [5, 5.41) is 0. The van der Waals surface area contributed by atoms with Gasteiger partial charge in [0.2, 0.25) is 5.91 Å². The molecule has 1 heterocycles. The van der Waals surface area contributed by atoms with E-state index in [0.29, 0.717) is 6.42 Å². The van der Waals surface area contributed by atoms with Gasteiger partial charge in [-0.05, 0) is 18.1 Å². The molecule has 2 rings (SSSR count). The van der Waals surface area contributed by atoms with Gasteiger partial charge in [-0.2, -0.15) is 0 Å². The van der Waals surface area contributed by atoms with Crippen molar-refractivity contribution in [3.63, 3.8) is 0 Å². The van der Waals surface area contributed by atoms with Crippen molar-refractivity contribution in [3.8, 4) is 0 Å². The number of carbonyl (C=O) groups is 1. The number of unbranched alkanes of at least 4 members (excludes halogenated alkanes) is 1. The number of rotatable bonds is 3. The van der Waals surface area contributed by atoms with Crippen LogP contribution < -0.4 is 4.90 Å². The Morgan fingerprint density at radius 3 is 2.93 bits per heavy atom. The Bertz CT molecular complexity index is 346. The molecule has 0 N–H and O–H groups in total. The Hall–Kier alpha value is -1.31. The highest BCUT2D eigenvalue weighted by Crippen LogP contribution is 2.28. The molecular weight excluding hydrogens is 174 g/mol. The standard InChI is InChI=1S/C12H15NO/c1-2-3-8-13-11-7-5-4-6-10(11)9-12(13)14/h4-7H,2-3,8-9H2,1H3. The molecule has 0 fully saturated rings. The van der Waals surface area contributed by atoms with E-state index in [1.165, 1.54) is 5.56 Å². The third-order valence-corrected chi connectivity index (χ3v) is 2.66. The molecule has 74 valence electrons. The summed E-state index contributed by atoms with van der Waals surface area (Å²) in [7, 11) is 0. The van der Waals surface area contributed by atoms with Gasteiger partial charge in [-0.3, -0.25) is 4.79 Å². The van der Waals surface area contributed by atoms with Crippen molar-refractivity contribution in [2.75, 3.05) is 11.4 Å². The molecule has 0 bridgehead atoms. The van der Waals surface area contributed by atoms with Crippen LogP contribution in [0.3, 0.4) is 0 Å². The fraction of sp³-hybridized carbons (Fsp3) is 0.417. The number of nitrogens with zero attached hydrogens (tertiary/aromatic N) is 1. The van der Waals surface area contributed by atoms with E-state index in [1.807, 2.05) is 29.2 Å². The van der Waals surface area contributed by atoms with Crippen LogP contribution in [-0.2, 0) is 11.2 Å². The molecule has 0 atom stereocenters. The van der Waals surface area contributed by atoms with Crippen molar-refractivity contribution in [3.05, 3.63) is 29.8 Å². The summed E-state index contributed by atoms with van der Waals surface area (Å²) in [5.74, 6) is 0.250. The lowest BCUT2D eigenvalue weighted by Gasteiger charge is -2.16. The molecule has 0 saturated carbocycles. The highest BCUT2D eigenvalue weighted by molar-refractivity contribution is 6.01. The van der Waals surface area contributed by atoms with Gasteiger partial charge in [-0.1, -0.05) is 31.5 Å². The van der Waals surface area contributed by atoms with Crippen molar-refractivity contribution in [2.45, 2.75) is 26.2 Å². The fourth-order valence-electron chi connectivity index (χ4n) is 1.88. The van der Waals surface area contributed by atoms with Crippen molar-refractivity contribution < 1.29 is 4.79 Å². The van der Waals surface area contributed by atoms with Crippen LogP contribution in [0.25, 0.3) is 0 Å². The van der Waals surface area contributed by atoms with Gasteiger partial charge in [0, 0.05) is 12.2 Å². The maximum Gasteiger partial charge on any atom is 0.231 e. The first-order chi connectivity index (χ1) is 6.83. The van der Waals surface area contributed by atoms with Crippen molar-refractivity contribution >= 4 is 11.6 Å². The molecule has 14 heavy (non-hydrogen) atoms. The minimum atomic E-state index is 0.250. The van der Waals surface area contributed by atoms with Gasteiger partial charge in [0.15, 0.2) is 0 Å². The van der Waals surface area contributed by atoms with Crippen molar-refractivity contribution in [2.24, 2.45) is 0 Å². The van der Waals surface area contributed by atoms with E-state index in [4.69, 9.17) is 0 Å². The predicted molar refractivity (Wildman–Crippen MR) is 57.4 cm³/mol. The molecule has 1 aliphatic rings. The average molecular weight is 189 g/mol. The van der Waals surface area contributed by atoms with Gasteiger partial charge >= 0.3 is 0 Å². The van der Waals surface area contributed by atoms with Gasteiger partial charge in [0.05, 0.1) is 6.42 Å². The molecule has 2 nitrogen and oxygen atoms in total. The van der Waals surface area contributed by atoms with E-state index in [-0.39, 0.29) is 5.91 Å². The summed E-state index contributed by atoms with van der Waals surface area (Å²) in [6.07, 6.45) is 2.80. The highest BCUT2D eigenvalue weighted by Gasteiger charge is 2.25. The van der Waals surface area contributed by atoms with E-state index in [2.05, 4.69) is 6.92 Å². The number of para-hydroxylation sites is 1. The average Bonchev–Trinajstić information content (AvgIpc) is 2.51. The van der Waals surface area contributed by atoms with Crippen LogP contribution >= 0.6 is 0 Å². The lowest BCUT2D eigenvalue weighted by atomic mass is 10.2. The predicted octanol–water partition coefficient (Wildman–Crippen LogP) is 2.38. The smallest absolute Gasteiger partial charge is 0.231 e. The lowest BCUT2D eigenvalue weighted by Crippen LogP contribution is -2.27. The third-order valence-electron chi connectivity index (χ3n) is 2.66. The monoisotopic (exact) mass is 189 g/mol. The highest BCUT2D eigenvalue weighted by atomic mass is 16.2. The zero-order valence-electron chi connectivity index (χ0n) is 8.49. The maximum atomic E-state index is 11.7. The molecule has 1 aromatic rings. The first-order valence-corrected chi connectivity index (χ1v) is 5.21. The van der Waals surface area contributed by atoms with Gasteiger partial charge < -0.3 is 4.90 Å². The number of amides is 1. The Morgan fingerprint density at radius 1 is 1.36 bits per heavy atom.